The molecule has 0 heterocycles. The molecule has 3 nitrogen and oxygen atoms in total. The first kappa shape index (κ1) is 19.3. The van der Waals surface area contributed by atoms with E-state index in [1.807, 2.05) is 50.2 Å². The van der Waals surface area contributed by atoms with Gasteiger partial charge in [0, 0.05) is 4.90 Å². The average molecular weight is 355 g/mol. The average Bonchev–Trinajstić information content (AvgIpc) is 2.56. The summed E-state index contributed by atoms with van der Waals surface area (Å²) in [5.74, 6) is -0.104. The molecule has 2 rings (SSSR count). The van der Waals surface area contributed by atoms with Gasteiger partial charge in [-0.15, -0.1) is 11.8 Å². The van der Waals surface area contributed by atoms with E-state index in [2.05, 4.69) is 43.4 Å². The van der Waals surface area contributed by atoms with Crippen LogP contribution in [0, 0.1) is 6.92 Å². The Morgan fingerprint density at radius 2 is 1.68 bits per heavy atom. The fraction of sp³-hybridized carbons (Fsp3) is 0.333. The van der Waals surface area contributed by atoms with Gasteiger partial charge in [0.05, 0.1) is 11.5 Å². The summed E-state index contributed by atoms with van der Waals surface area (Å²) in [5.41, 5.74) is 6.20. The zero-order valence-electron chi connectivity index (χ0n) is 15.5. The van der Waals surface area contributed by atoms with Gasteiger partial charge in [-0.05, 0) is 42.5 Å². The quantitative estimate of drug-likeness (QED) is 0.470. The molecule has 0 saturated carbocycles. The molecule has 0 bridgehead atoms. The fourth-order valence-corrected chi connectivity index (χ4v) is 3.07. The summed E-state index contributed by atoms with van der Waals surface area (Å²) in [6, 6.07) is 16.4. The normalized spacial score (nSPS) is 13.0. The summed E-state index contributed by atoms with van der Waals surface area (Å²) in [6.45, 7) is 10.5. The number of hydrogen-bond donors (Lipinski definition) is 1. The molecule has 0 fully saturated rings. The van der Waals surface area contributed by atoms with Crippen molar-refractivity contribution in [2.75, 3.05) is 0 Å². The zero-order chi connectivity index (χ0) is 18.4. The van der Waals surface area contributed by atoms with Crippen LogP contribution >= 0.6 is 11.8 Å². The van der Waals surface area contributed by atoms with Crippen molar-refractivity contribution in [1.29, 1.82) is 0 Å². The molecule has 1 atom stereocenters. The maximum atomic E-state index is 12.1. The highest BCUT2D eigenvalue weighted by Crippen LogP contribution is 2.23. The SMILES string of the molecule is Cc1ccc(S[C@H](C)C(=O)N/N=C\c2ccc(C(C)(C)C)cc2)cc1. The summed E-state index contributed by atoms with van der Waals surface area (Å²) in [4.78, 5) is 13.2. The molecule has 1 N–H and O–H groups in total. The van der Waals surface area contributed by atoms with E-state index in [1.54, 1.807) is 6.21 Å². The number of thioether (sulfide) groups is 1. The van der Waals surface area contributed by atoms with E-state index >= 15 is 0 Å². The van der Waals surface area contributed by atoms with Crippen molar-refractivity contribution in [2.45, 2.75) is 50.2 Å². The Kier molecular flexibility index (Phi) is 6.43. The molecular weight excluding hydrogens is 328 g/mol. The van der Waals surface area contributed by atoms with Gasteiger partial charge >= 0.3 is 0 Å². The van der Waals surface area contributed by atoms with Crippen molar-refractivity contribution >= 4 is 23.9 Å². The number of nitrogens with zero attached hydrogens (tertiary/aromatic N) is 1. The molecule has 0 aliphatic rings. The Morgan fingerprint density at radius 3 is 2.24 bits per heavy atom. The van der Waals surface area contributed by atoms with Crippen LogP contribution in [0.5, 0.6) is 0 Å². The minimum atomic E-state index is -0.205. The maximum absolute atomic E-state index is 12.1. The van der Waals surface area contributed by atoms with Crippen LogP contribution in [-0.4, -0.2) is 17.4 Å². The molecule has 4 heteroatoms. The van der Waals surface area contributed by atoms with Crippen LogP contribution in [0.1, 0.15) is 44.4 Å². The fourth-order valence-electron chi connectivity index (χ4n) is 2.20. The summed E-state index contributed by atoms with van der Waals surface area (Å²) >= 11 is 1.53. The molecular formula is C21H26N2OS. The minimum absolute atomic E-state index is 0.104. The van der Waals surface area contributed by atoms with Crippen LogP contribution in [0.15, 0.2) is 58.5 Å². The molecule has 0 aliphatic carbocycles. The van der Waals surface area contributed by atoms with E-state index in [1.165, 1.54) is 22.9 Å². The number of hydrogen-bond acceptors (Lipinski definition) is 3. The first-order valence-electron chi connectivity index (χ1n) is 8.42. The van der Waals surface area contributed by atoms with Crippen molar-refractivity contribution in [1.82, 2.24) is 5.43 Å². The van der Waals surface area contributed by atoms with E-state index in [0.29, 0.717) is 0 Å². The predicted octanol–water partition coefficient (Wildman–Crippen LogP) is 4.92. The van der Waals surface area contributed by atoms with Crippen LogP contribution in [0.4, 0.5) is 0 Å². The van der Waals surface area contributed by atoms with Crippen molar-refractivity contribution in [3.8, 4) is 0 Å². The summed E-state index contributed by atoms with van der Waals surface area (Å²) < 4.78 is 0. The van der Waals surface area contributed by atoms with Gasteiger partial charge in [-0.1, -0.05) is 62.7 Å². The molecule has 0 saturated heterocycles. The Morgan fingerprint density at radius 1 is 1.08 bits per heavy atom. The third-order valence-corrected chi connectivity index (χ3v) is 4.98. The van der Waals surface area contributed by atoms with Crippen LogP contribution < -0.4 is 5.43 Å². The zero-order valence-corrected chi connectivity index (χ0v) is 16.4. The first-order valence-corrected chi connectivity index (χ1v) is 9.30. The number of hydrazone groups is 1. The number of carbonyl (C=O) groups is 1. The number of aryl methyl sites for hydroxylation is 1. The van der Waals surface area contributed by atoms with Gasteiger partial charge in [-0.25, -0.2) is 5.43 Å². The molecule has 1 amide bonds. The van der Waals surface area contributed by atoms with Gasteiger partial charge < -0.3 is 0 Å². The Hall–Kier alpha value is -2.07. The highest BCUT2D eigenvalue weighted by atomic mass is 32.2. The van der Waals surface area contributed by atoms with Crippen LogP contribution in [0.2, 0.25) is 0 Å². The lowest BCUT2D eigenvalue weighted by Crippen LogP contribution is -2.26. The molecule has 132 valence electrons. The standard InChI is InChI=1S/C21H26N2OS/c1-15-6-12-19(13-7-15)25-16(2)20(24)23-22-14-17-8-10-18(11-9-17)21(3,4)5/h6-14,16H,1-5H3,(H,23,24)/b22-14-/t16-/m1/s1. The van der Waals surface area contributed by atoms with Gasteiger partial charge in [0.15, 0.2) is 0 Å². The smallest absolute Gasteiger partial charge is 0.253 e. The Labute approximate surface area is 154 Å². The Balaban J connectivity index is 1.88. The Bertz CT molecular complexity index is 728. The van der Waals surface area contributed by atoms with Gasteiger partial charge in [-0.3, -0.25) is 4.79 Å². The molecule has 25 heavy (non-hydrogen) atoms. The van der Waals surface area contributed by atoms with Crippen molar-refractivity contribution in [3.05, 3.63) is 65.2 Å². The second-order valence-electron chi connectivity index (χ2n) is 7.18. The summed E-state index contributed by atoms with van der Waals surface area (Å²) in [6.07, 6.45) is 1.67. The van der Waals surface area contributed by atoms with E-state index < -0.39 is 0 Å². The van der Waals surface area contributed by atoms with E-state index in [0.717, 1.165) is 10.5 Å². The number of nitrogens with one attached hydrogen (secondary N) is 1. The lowest BCUT2D eigenvalue weighted by molar-refractivity contribution is -0.120. The number of benzene rings is 2. The largest absolute Gasteiger partial charge is 0.272 e. The lowest BCUT2D eigenvalue weighted by Gasteiger charge is -2.18. The van der Waals surface area contributed by atoms with Gasteiger partial charge in [0.25, 0.3) is 5.91 Å². The number of amides is 1. The minimum Gasteiger partial charge on any atom is -0.272 e. The van der Waals surface area contributed by atoms with Crippen LogP contribution in [0.3, 0.4) is 0 Å². The second-order valence-corrected chi connectivity index (χ2v) is 8.59. The van der Waals surface area contributed by atoms with E-state index in [-0.39, 0.29) is 16.6 Å². The maximum Gasteiger partial charge on any atom is 0.253 e. The molecule has 0 unspecified atom stereocenters. The summed E-state index contributed by atoms with van der Waals surface area (Å²) in [5, 5.41) is 3.87. The monoisotopic (exact) mass is 354 g/mol. The van der Waals surface area contributed by atoms with E-state index in [9.17, 15) is 4.79 Å². The molecule has 2 aromatic carbocycles. The molecule has 0 spiro atoms. The summed E-state index contributed by atoms with van der Waals surface area (Å²) in [7, 11) is 0. The van der Waals surface area contributed by atoms with Gasteiger partial charge in [-0.2, -0.15) is 5.10 Å². The number of rotatable bonds is 5. The highest BCUT2D eigenvalue weighted by Gasteiger charge is 2.14. The first-order chi connectivity index (χ1) is 11.8. The van der Waals surface area contributed by atoms with Gasteiger partial charge in [0.2, 0.25) is 0 Å². The van der Waals surface area contributed by atoms with Crippen molar-refractivity contribution in [3.63, 3.8) is 0 Å². The third-order valence-electron chi connectivity index (χ3n) is 3.87. The van der Waals surface area contributed by atoms with Crippen LogP contribution in [-0.2, 0) is 10.2 Å². The third kappa shape index (κ3) is 6.05. The topological polar surface area (TPSA) is 41.5 Å². The lowest BCUT2D eigenvalue weighted by atomic mass is 9.87. The molecule has 0 aromatic heterocycles. The molecule has 2 aromatic rings. The molecule has 0 aliphatic heterocycles. The highest BCUT2D eigenvalue weighted by molar-refractivity contribution is 8.00. The van der Waals surface area contributed by atoms with E-state index in [4.69, 9.17) is 0 Å². The van der Waals surface area contributed by atoms with Crippen molar-refractivity contribution < 1.29 is 4.79 Å². The van der Waals surface area contributed by atoms with Crippen molar-refractivity contribution in [2.24, 2.45) is 5.10 Å². The van der Waals surface area contributed by atoms with Crippen LogP contribution in [0.25, 0.3) is 0 Å². The molecule has 0 radical (unpaired) electrons. The predicted molar refractivity (Wildman–Crippen MR) is 107 cm³/mol. The second kappa shape index (κ2) is 8.34. The number of carbonyl (C=O) groups excluding carboxylic acids is 1. The van der Waals surface area contributed by atoms with Gasteiger partial charge in [0.1, 0.15) is 0 Å².